The largest absolute Gasteiger partial charge is 0.505 e. The molecular formula is C39H26N10O27S7. The summed E-state index contributed by atoms with van der Waals surface area (Å²) >= 11 is 0. The number of anilines is 1. The molecule has 0 spiro atoms. The summed E-state index contributed by atoms with van der Waals surface area (Å²) in [6, 6.07) is 18.1. The van der Waals surface area contributed by atoms with Crippen molar-refractivity contribution in [3.8, 4) is 17.2 Å². The molecule has 0 bridgehead atoms. The zero-order valence-corrected chi connectivity index (χ0v) is 45.3. The first-order chi connectivity index (χ1) is 38.5. The maximum absolute atomic E-state index is 13.0. The van der Waals surface area contributed by atoms with Gasteiger partial charge < -0.3 is 20.7 Å². The minimum atomic E-state index is -5.52. The van der Waals surface area contributed by atoms with Crippen molar-refractivity contribution < 1.29 is 114 Å². The second kappa shape index (κ2) is 27.1. The summed E-state index contributed by atoms with van der Waals surface area (Å²) in [6.07, 6.45) is 0. The number of aromatic hydroxyl groups is 2. The Labute approximate surface area is 465 Å². The van der Waals surface area contributed by atoms with Crippen molar-refractivity contribution in [1.82, 2.24) is 0 Å². The van der Waals surface area contributed by atoms with Gasteiger partial charge in [-0.2, -0.15) is 43.9 Å². The van der Waals surface area contributed by atoms with Crippen LogP contribution in [0.2, 0.25) is 0 Å². The van der Waals surface area contributed by atoms with E-state index in [0.717, 1.165) is 48.5 Å². The molecule has 7 aromatic rings. The minimum Gasteiger partial charge on any atom is -0.505 e. The van der Waals surface area contributed by atoms with E-state index in [2.05, 4.69) is 40.9 Å². The molecule has 0 aliphatic rings. The number of para-hydroxylation sites is 1. The van der Waals surface area contributed by atoms with Gasteiger partial charge in [-0.05, 0) is 78.9 Å². The fraction of sp³-hybridized carbons (Fsp3) is 0. The Morgan fingerprint density at radius 2 is 0.976 bits per heavy atom. The summed E-state index contributed by atoms with van der Waals surface area (Å²) in [6.45, 7) is 0.0359. The number of benzene rings is 7. The van der Waals surface area contributed by atoms with Crippen LogP contribution in [0, 0.1) is 10.1 Å². The minimum absolute atomic E-state index is 0.0359. The van der Waals surface area contributed by atoms with Crippen molar-refractivity contribution in [2.75, 3.05) is 5.73 Å². The van der Waals surface area contributed by atoms with Gasteiger partial charge in [-0.1, -0.05) is 18.2 Å². The summed E-state index contributed by atoms with van der Waals surface area (Å²) in [4.78, 5) is 17.6. The first kappa shape index (κ1) is 65.7. The lowest BCUT2D eigenvalue weighted by molar-refractivity contribution is -0.384. The average molecular weight is 1290 g/mol. The molecule has 0 aliphatic carbocycles. The summed E-state index contributed by atoms with van der Waals surface area (Å²) in [5.74, 6) is -2.21. The molecule has 0 aliphatic heterocycles. The molecule has 0 aromatic heterocycles. The van der Waals surface area contributed by atoms with Gasteiger partial charge in [0, 0.05) is 22.2 Å². The molecule has 0 saturated carbocycles. The van der Waals surface area contributed by atoms with Crippen LogP contribution in [0.5, 0.6) is 17.2 Å². The molecule has 0 radical (unpaired) electrons. The fourth-order valence-corrected chi connectivity index (χ4v) is 9.16. The molecule has 0 unspecified atom stereocenters. The van der Waals surface area contributed by atoms with E-state index in [1.807, 2.05) is 0 Å². The zero-order chi connectivity index (χ0) is 62.5. The normalized spacial score (nSPS) is 11.8. The van der Waals surface area contributed by atoms with Crippen LogP contribution in [-0.2, 0) is 77.1 Å². The fourth-order valence-electron chi connectivity index (χ4n) is 6.48. The number of carbonyl (C=O) groups excluding carboxylic acids is 1. The smallest absolute Gasteiger partial charge is 0.425 e. The van der Waals surface area contributed by atoms with Gasteiger partial charge in [0.05, 0.1) is 32.3 Å². The number of hydrogen-bond acceptors (Lipinski definition) is 32. The summed E-state index contributed by atoms with van der Waals surface area (Å²) in [5.41, 5.74) is 1.89. The molecule has 83 heavy (non-hydrogen) atoms. The number of nitro groups is 1. The van der Waals surface area contributed by atoms with E-state index < -0.39 is 164 Å². The lowest BCUT2D eigenvalue weighted by atomic mass is 10.1. The molecule has 0 amide bonds. The number of phenols is 2. The van der Waals surface area contributed by atoms with Crippen LogP contribution in [-0.4, -0.2) is 111 Å². The highest BCUT2D eigenvalue weighted by atomic mass is 32.2. The standard InChI is InChI=1S/C39H26N10O18S4.3O3S/c40-35-29(17-32(69(58,59)60)23-11-12-26(38(52)34(23)35)44-43-25-3-1-2-4-30(25)49(53)54)47-45-27-13-10-22-24(39(27)71(64,65)66)16-33(70(61,62)63)36(37(22)51)48-42-20-7-5-19(6-8-20)41-46-28-15-21(68(55,56)57)9-14-31(28)67-18-50;3*1-4(2)3/h1-18,51-52H,40H2,(H,55,56,57)(H,58,59,60)(H,61,62,63)(H,64,65,66);;;. The van der Waals surface area contributed by atoms with Crippen LogP contribution in [0.3, 0.4) is 0 Å². The van der Waals surface area contributed by atoms with E-state index in [1.165, 1.54) is 42.5 Å². The second-order valence-electron chi connectivity index (χ2n) is 14.7. The number of nitrogen functional groups attached to an aromatic ring is 1. The van der Waals surface area contributed by atoms with Crippen molar-refractivity contribution in [2.24, 2.45) is 40.9 Å². The van der Waals surface area contributed by atoms with Crippen LogP contribution in [0.1, 0.15) is 0 Å². The molecule has 436 valence electrons. The maximum Gasteiger partial charge on any atom is 0.425 e. The molecular weight excluding hydrogens is 1260 g/mol. The molecule has 37 nitrogen and oxygen atoms in total. The van der Waals surface area contributed by atoms with Gasteiger partial charge in [-0.3, -0.25) is 33.1 Å². The van der Waals surface area contributed by atoms with E-state index in [4.69, 9.17) is 48.4 Å². The number of fused-ring (bicyclic) bond motifs is 2. The molecule has 7 rings (SSSR count). The van der Waals surface area contributed by atoms with E-state index in [9.17, 15) is 77.0 Å². The third kappa shape index (κ3) is 17.9. The van der Waals surface area contributed by atoms with Crippen LogP contribution < -0.4 is 10.5 Å². The van der Waals surface area contributed by atoms with Crippen molar-refractivity contribution in [3.63, 3.8) is 0 Å². The Bertz CT molecular complexity index is 4680. The highest BCUT2D eigenvalue weighted by Gasteiger charge is 2.29. The van der Waals surface area contributed by atoms with Crippen molar-refractivity contribution in [2.45, 2.75) is 19.6 Å². The Kier molecular flexibility index (Phi) is 21.5. The summed E-state index contributed by atoms with van der Waals surface area (Å²) in [5, 5.41) is 62.2. The number of nitrogens with zero attached hydrogens (tertiary/aromatic N) is 9. The van der Waals surface area contributed by atoms with E-state index >= 15 is 0 Å². The Balaban J connectivity index is 0.00000112. The van der Waals surface area contributed by atoms with Crippen molar-refractivity contribution >= 4 is 157 Å². The van der Waals surface area contributed by atoms with Crippen molar-refractivity contribution in [3.05, 3.63) is 113 Å². The first-order valence-corrected chi connectivity index (χ1v) is 29.1. The monoisotopic (exact) mass is 1290 g/mol. The van der Waals surface area contributed by atoms with Gasteiger partial charge in [0.1, 0.15) is 43.1 Å². The van der Waals surface area contributed by atoms with Crippen LogP contribution in [0.4, 0.5) is 56.9 Å². The molecule has 0 heterocycles. The van der Waals surface area contributed by atoms with E-state index in [-0.39, 0.29) is 35.0 Å². The predicted octanol–water partition coefficient (Wildman–Crippen LogP) is 6.07. The SMILES string of the molecule is Nc1c(N=Nc2ccc3c(O)c(N=Nc4ccc(N=Nc5cc(S(=O)(=O)O)ccc5OC=O)cc4)c(S(=O)(=O)O)cc3c2S(=O)(=O)O)cc(S(=O)(=O)O)c2ccc(N=Nc3ccccc3[N+](=O)[O-])c(O)c12.O=S(=O)=O.O=S(=O)=O.O=S(=O)=O. The summed E-state index contributed by atoms with van der Waals surface area (Å²) in [7, 11) is -30.2. The number of hydrogen-bond donors (Lipinski definition) is 7. The topological polar surface area (TPSA) is 606 Å². The van der Waals surface area contributed by atoms with Gasteiger partial charge in [0.25, 0.3) is 52.6 Å². The maximum atomic E-state index is 13.0. The quantitative estimate of drug-likeness (QED) is 0.0153. The van der Waals surface area contributed by atoms with Crippen LogP contribution in [0.25, 0.3) is 21.5 Å². The Morgan fingerprint density at radius 3 is 1.49 bits per heavy atom. The van der Waals surface area contributed by atoms with E-state index in [1.54, 1.807) is 0 Å². The number of rotatable bonds is 15. The molecule has 0 atom stereocenters. The Morgan fingerprint density at radius 1 is 0.494 bits per heavy atom. The Hall–Kier alpha value is -9.77. The average Bonchev–Trinajstić information content (AvgIpc) is 3.42. The van der Waals surface area contributed by atoms with Crippen LogP contribution in [0.15, 0.2) is 164 Å². The molecule has 8 N–H and O–H groups in total. The number of ether oxygens (including phenoxy) is 1. The number of nitrogens with two attached hydrogens (primary N) is 1. The number of azo groups is 4. The van der Waals surface area contributed by atoms with Crippen molar-refractivity contribution in [1.29, 1.82) is 0 Å². The zero-order valence-electron chi connectivity index (χ0n) is 39.6. The molecule has 0 saturated heterocycles. The molecule has 44 heteroatoms. The third-order valence-corrected chi connectivity index (χ3v) is 13.2. The van der Waals surface area contributed by atoms with Crippen LogP contribution >= 0.6 is 0 Å². The second-order valence-corrected chi connectivity index (χ2v) is 21.4. The van der Waals surface area contributed by atoms with Gasteiger partial charge in [-0.25, -0.2) is 0 Å². The first-order valence-electron chi connectivity index (χ1n) is 20.3. The number of carbonyl (C=O) groups is 1. The highest BCUT2D eigenvalue weighted by molar-refractivity contribution is 7.87. The number of nitro benzene ring substituents is 1. The van der Waals surface area contributed by atoms with E-state index in [0.29, 0.717) is 12.1 Å². The predicted molar refractivity (Wildman–Crippen MR) is 273 cm³/mol. The van der Waals surface area contributed by atoms with Gasteiger partial charge in [0.15, 0.2) is 22.9 Å². The van der Waals surface area contributed by atoms with Gasteiger partial charge in [-0.15, -0.1) is 68.6 Å². The number of phenolic OH excluding ortho intramolecular Hbond substituents is 2. The van der Waals surface area contributed by atoms with Gasteiger partial charge >= 0.3 is 31.8 Å². The third-order valence-electron chi connectivity index (χ3n) is 9.61. The molecule has 0 fully saturated rings. The highest BCUT2D eigenvalue weighted by Crippen LogP contribution is 2.48. The van der Waals surface area contributed by atoms with Gasteiger partial charge in [0.2, 0.25) is 0 Å². The lowest BCUT2D eigenvalue weighted by Crippen LogP contribution is -2.03. The molecule has 7 aromatic carbocycles. The summed E-state index contributed by atoms with van der Waals surface area (Å²) < 4.78 is 220. The lowest BCUT2D eigenvalue weighted by Gasteiger charge is -2.13.